The maximum Gasteiger partial charge on any atom is 0.397 e. The highest BCUT2D eigenvalue weighted by atomic mass is 32.3. The van der Waals surface area contributed by atoms with Gasteiger partial charge in [0.1, 0.15) is 12.2 Å². The normalized spacial score (nSPS) is 28.6. The summed E-state index contributed by atoms with van der Waals surface area (Å²) in [5, 5.41) is 0. The van der Waals surface area contributed by atoms with Crippen molar-refractivity contribution in [2.45, 2.75) is 44.4 Å². The average Bonchev–Trinajstić information content (AvgIpc) is 2.53. The molecule has 0 aromatic heterocycles. The van der Waals surface area contributed by atoms with E-state index in [1.54, 1.807) is 0 Å². The zero-order chi connectivity index (χ0) is 14.2. The topological polar surface area (TPSA) is 99.1 Å². The first kappa shape index (κ1) is 15.4. The van der Waals surface area contributed by atoms with Crippen molar-refractivity contribution < 1.29 is 35.8 Å². The van der Waals surface area contributed by atoms with E-state index in [1.165, 1.54) is 13.8 Å². The van der Waals surface area contributed by atoms with Gasteiger partial charge in [0.25, 0.3) is 0 Å². The molecule has 18 heavy (non-hydrogen) atoms. The van der Waals surface area contributed by atoms with Gasteiger partial charge < -0.3 is 9.47 Å². The molecule has 0 saturated carbocycles. The second-order valence-corrected chi connectivity index (χ2v) is 5.63. The van der Waals surface area contributed by atoms with Gasteiger partial charge in [-0.3, -0.25) is 9.35 Å². The summed E-state index contributed by atoms with van der Waals surface area (Å²) in [6, 6.07) is 0. The minimum absolute atomic E-state index is 0.114. The number of carbonyl (C=O) groups is 1. The van der Waals surface area contributed by atoms with Crippen LogP contribution in [0.2, 0.25) is 0 Å². The first-order valence-corrected chi connectivity index (χ1v) is 6.46. The van der Waals surface area contributed by atoms with E-state index in [9.17, 15) is 17.6 Å². The van der Waals surface area contributed by atoms with Crippen molar-refractivity contribution in [1.82, 2.24) is 0 Å². The summed E-state index contributed by atoms with van der Waals surface area (Å²) < 4.78 is 58.4. The molecule has 106 valence electrons. The standard InChI is InChI=1S/C9H15FO7S/c1-8(2)15-4-6(16-8)7(9(3,10)5-11)17-18(12,13)14/h5-7H,4H2,1-3H3,(H,12,13,14)/t6-,7?,9+/m1/s1. The molecule has 0 amide bonds. The number of hydrogen-bond donors (Lipinski definition) is 1. The maximum absolute atomic E-state index is 13.9. The molecule has 3 atom stereocenters. The maximum atomic E-state index is 13.9. The fraction of sp³-hybridized carbons (Fsp3) is 0.889. The molecular formula is C9H15FO7S. The molecule has 0 aromatic rings. The van der Waals surface area contributed by atoms with Crippen LogP contribution < -0.4 is 0 Å². The van der Waals surface area contributed by atoms with Crippen molar-refractivity contribution in [2.24, 2.45) is 0 Å². The molecule has 1 fully saturated rings. The van der Waals surface area contributed by atoms with Crippen LogP contribution in [0.5, 0.6) is 0 Å². The summed E-state index contributed by atoms with van der Waals surface area (Å²) in [6.07, 6.45) is -3.08. The number of alkyl halides is 1. The first-order chi connectivity index (χ1) is 7.97. The Labute approximate surface area is 104 Å². The number of rotatable bonds is 5. The molecule has 7 nitrogen and oxygen atoms in total. The van der Waals surface area contributed by atoms with Gasteiger partial charge in [0.2, 0.25) is 0 Å². The lowest BCUT2D eigenvalue weighted by Gasteiger charge is -2.28. The van der Waals surface area contributed by atoms with Gasteiger partial charge in [0.05, 0.1) is 6.61 Å². The van der Waals surface area contributed by atoms with Gasteiger partial charge in [-0.2, -0.15) is 8.42 Å². The van der Waals surface area contributed by atoms with Crippen molar-refractivity contribution in [3.8, 4) is 0 Å². The molecule has 1 aliphatic heterocycles. The van der Waals surface area contributed by atoms with Gasteiger partial charge in [-0.15, -0.1) is 0 Å². The third kappa shape index (κ3) is 3.95. The lowest BCUT2D eigenvalue weighted by Crippen LogP contribution is -2.49. The first-order valence-electron chi connectivity index (χ1n) is 5.09. The minimum atomic E-state index is -4.93. The Morgan fingerprint density at radius 3 is 2.50 bits per heavy atom. The largest absolute Gasteiger partial charge is 0.397 e. The molecule has 1 unspecified atom stereocenters. The number of hydrogen-bond acceptors (Lipinski definition) is 6. The Balaban J connectivity index is 2.96. The Kier molecular flexibility index (Phi) is 4.13. The molecule has 1 rings (SSSR count). The van der Waals surface area contributed by atoms with Gasteiger partial charge in [-0.1, -0.05) is 0 Å². The highest BCUT2D eigenvalue weighted by Crippen LogP contribution is 2.31. The molecule has 1 N–H and O–H groups in total. The van der Waals surface area contributed by atoms with E-state index >= 15 is 0 Å². The number of aldehydes is 1. The summed E-state index contributed by atoms with van der Waals surface area (Å²) in [6.45, 7) is 3.73. The second kappa shape index (κ2) is 4.82. The van der Waals surface area contributed by atoms with Crippen molar-refractivity contribution in [2.75, 3.05) is 6.61 Å². The molecule has 1 aliphatic rings. The van der Waals surface area contributed by atoms with Crippen LogP contribution in [0.4, 0.5) is 4.39 Å². The predicted octanol–water partition coefficient (Wildman–Crippen LogP) is 0.253. The van der Waals surface area contributed by atoms with E-state index < -0.39 is 34.1 Å². The van der Waals surface area contributed by atoms with E-state index in [0.29, 0.717) is 0 Å². The van der Waals surface area contributed by atoms with Gasteiger partial charge in [0, 0.05) is 0 Å². The lowest BCUT2D eigenvalue weighted by molar-refractivity contribution is -0.162. The van der Waals surface area contributed by atoms with Gasteiger partial charge in [-0.05, 0) is 20.8 Å². The van der Waals surface area contributed by atoms with Crippen molar-refractivity contribution in [3.05, 3.63) is 0 Å². The third-order valence-corrected chi connectivity index (χ3v) is 2.83. The van der Waals surface area contributed by atoms with Crippen LogP contribution >= 0.6 is 0 Å². The molecule has 0 spiro atoms. The molecule has 0 aromatic carbocycles. The summed E-state index contributed by atoms with van der Waals surface area (Å²) >= 11 is 0. The Morgan fingerprint density at radius 2 is 2.17 bits per heavy atom. The second-order valence-electron chi connectivity index (χ2n) is 4.58. The fourth-order valence-corrected chi connectivity index (χ4v) is 2.16. The summed E-state index contributed by atoms with van der Waals surface area (Å²) in [7, 11) is -4.93. The molecule has 1 saturated heterocycles. The van der Waals surface area contributed by atoms with E-state index in [4.69, 9.17) is 14.0 Å². The zero-order valence-corrected chi connectivity index (χ0v) is 10.9. The van der Waals surface area contributed by atoms with E-state index in [0.717, 1.165) is 6.92 Å². The Bertz CT molecular complexity index is 417. The third-order valence-electron chi connectivity index (χ3n) is 2.38. The van der Waals surface area contributed by atoms with Gasteiger partial charge in [0.15, 0.2) is 17.7 Å². The van der Waals surface area contributed by atoms with Crippen molar-refractivity contribution in [3.63, 3.8) is 0 Å². The smallest absolute Gasteiger partial charge is 0.348 e. The van der Waals surface area contributed by atoms with Gasteiger partial charge >= 0.3 is 10.4 Å². The Morgan fingerprint density at radius 1 is 1.61 bits per heavy atom. The fourth-order valence-electron chi connectivity index (χ4n) is 1.58. The van der Waals surface area contributed by atoms with Crippen LogP contribution in [0.25, 0.3) is 0 Å². The van der Waals surface area contributed by atoms with Crippen LogP contribution in [-0.4, -0.2) is 49.5 Å². The van der Waals surface area contributed by atoms with E-state index in [2.05, 4.69) is 4.18 Å². The summed E-state index contributed by atoms with van der Waals surface area (Å²) in [5.74, 6) is -1.05. The number of ether oxygens (including phenoxy) is 2. The summed E-state index contributed by atoms with van der Waals surface area (Å²) in [5.41, 5.74) is -2.65. The monoisotopic (exact) mass is 286 g/mol. The molecule has 0 bridgehead atoms. The number of carbonyl (C=O) groups excluding carboxylic acids is 1. The Hall–Kier alpha value is -0.610. The van der Waals surface area contributed by atoms with Crippen molar-refractivity contribution >= 4 is 16.7 Å². The predicted molar refractivity (Wildman–Crippen MR) is 56.9 cm³/mol. The lowest BCUT2D eigenvalue weighted by atomic mass is 9.98. The summed E-state index contributed by atoms with van der Waals surface area (Å²) in [4.78, 5) is 10.6. The highest BCUT2D eigenvalue weighted by Gasteiger charge is 2.49. The van der Waals surface area contributed by atoms with Crippen LogP contribution in [0.15, 0.2) is 0 Å². The molecule has 1 heterocycles. The van der Waals surface area contributed by atoms with Gasteiger partial charge in [-0.25, -0.2) is 8.57 Å². The molecule has 0 aliphatic carbocycles. The minimum Gasteiger partial charge on any atom is -0.348 e. The SMILES string of the molecule is CC1(C)OC[C@H](C(OS(=O)(=O)O)[C@@](C)(F)C=O)O1. The highest BCUT2D eigenvalue weighted by molar-refractivity contribution is 7.80. The molecule has 9 heteroatoms. The molecular weight excluding hydrogens is 271 g/mol. The van der Waals surface area contributed by atoms with Crippen LogP contribution in [0.1, 0.15) is 20.8 Å². The van der Waals surface area contributed by atoms with E-state index in [-0.39, 0.29) is 12.9 Å². The number of halogens is 1. The van der Waals surface area contributed by atoms with Crippen LogP contribution in [-0.2, 0) is 28.9 Å². The van der Waals surface area contributed by atoms with Crippen molar-refractivity contribution in [1.29, 1.82) is 0 Å². The molecule has 0 radical (unpaired) electrons. The average molecular weight is 286 g/mol. The quantitative estimate of drug-likeness (QED) is 0.571. The van der Waals surface area contributed by atoms with Crippen LogP contribution in [0, 0.1) is 0 Å². The van der Waals surface area contributed by atoms with E-state index in [1.807, 2.05) is 0 Å². The zero-order valence-electron chi connectivity index (χ0n) is 10.1. The van der Waals surface area contributed by atoms with Crippen LogP contribution in [0.3, 0.4) is 0 Å².